The van der Waals surface area contributed by atoms with Crippen molar-refractivity contribution >= 4 is 10.8 Å². The standard InChI is InChI=1S/C13H16N2O/c1-8-11(13(2,3)14)9-6-4-5-7-10(9)12(16)15-8/h4-7H,14H2,1-3H3,(H,15,16). The van der Waals surface area contributed by atoms with Gasteiger partial charge in [-0.15, -0.1) is 0 Å². The number of aromatic nitrogens is 1. The fourth-order valence-corrected chi connectivity index (χ4v) is 2.23. The fraction of sp³-hybridized carbons (Fsp3) is 0.308. The van der Waals surface area contributed by atoms with E-state index in [0.29, 0.717) is 5.39 Å². The molecule has 0 radical (unpaired) electrons. The van der Waals surface area contributed by atoms with E-state index in [4.69, 9.17) is 5.73 Å². The zero-order valence-electron chi connectivity index (χ0n) is 9.79. The summed E-state index contributed by atoms with van der Waals surface area (Å²) in [5.41, 5.74) is 7.48. The average Bonchev–Trinajstić information content (AvgIpc) is 2.15. The molecule has 0 aliphatic rings. The minimum absolute atomic E-state index is 0.0545. The molecule has 1 aromatic carbocycles. The highest BCUT2D eigenvalue weighted by Crippen LogP contribution is 2.26. The molecule has 0 fully saturated rings. The SMILES string of the molecule is Cc1[nH]c(=O)c2ccccc2c1C(C)(C)N. The van der Waals surface area contributed by atoms with Crippen molar-refractivity contribution in [1.29, 1.82) is 0 Å². The predicted octanol–water partition coefficient (Wildman–Crippen LogP) is 2.03. The lowest BCUT2D eigenvalue weighted by atomic mass is 9.90. The Balaban J connectivity index is 2.99. The Kier molecular flexibility index (Phi) is 2.35. The van der Waals surface area contributed by atoms with E-state index in [9.17, 15) is 4.79 Å². The van der Waals surface area contributed by atoms with Crippen molar-refractivity contribution in [1.82, 2.24) is 4.98 Å². The third kappa shape index (κ3) is 1.63. The summed E-state index contributed by atoms with van der Waals surface area (Å²) in [7, 11) is 0. The molecule has 3 N–H and O–H groups in total. The van der Waals surface area contributed by atoms with Crippen LogP contribution in [0.3, 0.4) is 0 Å². The number of nitrogens with one attached hydrogen (secondary N) is 1. The first-order chi connectivity index (χ1) is 7.41. The maximum atomic E-state index is 11.8. The highest BCUT2D eigenvalue weighted by atomic mass is 16.1. The maximum absolute atomic E-state index is 11.8. The van der Waals surface area contributed by atoms with Crippen molar-refractivity contribution in [3.8, 4) is 0 Å². The van der Waals surface area contributed by atoms with Gasteiger partial charge in [0.15, 0.2) is 0 Å². The molecule has 2 rings (SSSR count). The molecule has 0 saturated heterocycles. The van der Waals surface area contributed by atoms with Crippen LogP contribution in [-0.4, -0.2) is 4.98 Å². The maximum Gasteiger partial charge on any atom is 0.256 e. The van der Waals surface area contributed by atoms with Crippen molar-refractivity contribution in [2.75, 3.05) is 0 Å². The molecule has 0 amide bonds. The second-order valence-corrected chi connectivity index (χ2v) is 4.72. The van der Waals surface area contributed by atoms with Gasteiger partial charge in [0.05, 0.1) is 0 Å². The zero-order chi connectivity index (χ0) is 11.9. The van der Waals surface area contributed by atoms with Crippen LogP contribution in [0.5, 0.6) is 0 Å². The Labute approximate surface area is 94.3 Å². The second-order valence-electron chi connectivity index (χ2n) is 4.72. The molecule has 0 aliphatic carbocycles. The lowest BCUT2D eigenvalue weighted by molar-refractivity contribution is 0.553. The van der Waals surface area contributed by atoms with Gasteiger partial charge in [0.2, 0.25) is 0 Å². The van der Waals surface area contributed by atoms with E-state index in [-0.39, 0.29) is 5.56 Å². The molecule has 84 valence electrons. The van der Waals surface area contributed by atoms with Crippen LogP contribution in [0.4, 0.5) is 0 Å². The third-order valence-electron chi connectivity index (χ3n) is 2.76. The number of aromatic amines is 1. The van der Waals surface area contributed by atoms with Crippen LogP contribution in [0.2, 0.25) is 0 Å². The molecular formula is C13H16N2O. The van der Waals surface area contributed by atoms with Gasteiger partial charge in [-0.05, 0) is 37.8 Å². The normalized spacial score (nSPS) is 12.0. The van der Waals surface area contributed by atoms with Gasteiger partial charge in [-0.3, -0.25) is 4.79 Å². The molecule has 16 heavy (non-hydrogen) atoms. The van der Waals surface area contributed by atoms with E-state index in [1.54, 1.807) is 0 Å². The molecule has 0 unspecified atom stereocenters. The van der Waals surface area contributed by atoms with Gasteiger partial charge in [-0.2, -0.15) is 0 Å². The van der Waals surface area contributed by atoms with Crippen LogP contribution in [0.1, 0.15) is 25.1 Å². The van der Waals surface area contributed by atoms with E-state index < -0.39 is 5.54 Å². The van der Waals surface area contributed by atoms with Gasteiger partial charge in [-0.1, -0.05) is 18.2 Å². The van der Waals surface area contributed by atoms with Crippen LogP contribution in [-0.2, 0) is 5.54 Å². The fourth-order valence-electron chi connectivity index (χ4n) is 2.23. The van der Waals surface area contributed by atoms with E-state index in [0.717, 1.165) is 16.6 Å². The lowest BCUT2D eigenvalue weighted by Gasteiger charge is -2.23. The Morgan fingerprint density at radius 1 is 1.19 bits per heavy atom. The summed E-state index contributed by atoms with van der Waals surface area (Å²) in [6, 6.07) is 7.56. The van der Waals surface area contributed by atoms with E-state index in [1.807, 2.05) is 45.0 Å². The molecule has 1 heterocycles. The zero-order valence-corrected chi connectivity index (χ0v) is 9.79. The summed E-state index contributed by atoms with van der Waals surface area (Å²) < 4.78 is 0. The summed E-state index contributed by atoms with van der Waals surface area (Å²) in [6.07, 6.45) is 0. The highest BCUT2D eigenvalue weighted by Gasteiger charge is 2.21. The van der Waals surface area contributed by atoms with Gasteiger partial charge < -0.3 is 10.7 Å². The number of hydrogen-bond acceptors (Lipinski definition) is 2. The van der Waals surface area contributed by atoms with Gasteiger partial charge in [-0.25, -0.2) is 0 Å². The van der Waals surface area contributed by atoms with Gasteiger partial charge in [0.1, 0.15) is 0 Å². The molecular weight excluding hydrogens is 200 g/mol. The summed E-state index contributed by atoms with van der Waals surface area (Å²) in [5.74, 6) is 0. The molecule has 0 saturated carbocycles. The highest BCUT2D eigenvalue weighted by molar-refractivity contribution is 5.86. The minimum Gasteiger partial charge on any atom is -0.326 e. The Morgan fingerprint density at radius 2 is 1.75 bits per heavy atom. The quantitative estimate of drug-likeness (QED) is 0.766. The number of rotatable bonds is 1. The molecule has 0 aliphatic heterocycles. The first-order valence-electron chi connectivity index (χ1n) is 5.32. The average molecular weight is 216 g/mol. The van der Waals surface area contributed by atoms with Crippen molar-refractivity contribution in [2.45, 2.75) is 26.3 Å². The Hall–Kier alpha value is -1.61. The number of aryl methyl sites for hydroxylation is 1. The second kappa shape index (κ2) is 3.46. The Morgan fingerprint density at radius 3 is 2.31 bits per heavy atom. The van der Waals surface area contributed by atoms with Crippen molar-refractivity contribution < 1.29 is 0 Å². The Bertz CT molecular complexity index is 591. The minimum atomic E-state index is -0.464. The molecule has 3 heteroatoms. The van der Waals surface area contributed by atoms with Crippen LogP contribution >= 0.6 is 0 Å². The summed E-state index contributed by atoms with van der Waals surface area (Å²) in [6.45, 7) is 5.78. The lowest BCUT2D eigenvalue weighted by Crippen LogP contribution is -2.31. The van der Waals surface area contributed by atoms with E-state index in [1.165, 1.54) is 0 Å². The van der Waals surface area contributed by atoms with Gasteiger partial charge in [0, 0.05) is 16.6 Å². The molecule has 0 bridgehead atoms. The predicted molar refractivity (Wildman–Crippen MR) is 66.5 cm³/mol. The first-order valence-corrected chi connectivity index (χ1v) is 5.32. The largest absolute Gasteiger partial charge is 0.326 e. The monoisotopic (exact) mass is 216 g/mol. The van der Waals surface area contributed by atoms with Crippen LogP contribution in [0, 0.1) is 6.92 Å². The molecule has 2 aromatic rings. The van der Waals surface area contributed by atoms with Gasteiger partial charge >= 0.3 is 0 Å². The first kappa shape index (κ1) is 10.9. The number of fused-ring (bicyclic) bond motifs is 1. The third-order valence-corrected chi connectivity index (χ3v) is 2.76. The molecule has 1 aromatic heterocycles. The van der Waals surface area contributed by atoms with Crippen molar-refractivity contribution in [3.63, 3.8) is 0 Å². The van der Waals surface area contributed by atoms with Crippen LogP contribution < -0.4 is 11.3 Å². The van der Waals surface area contributed by atoms with Crippen molar-refractivity contribution in [2.24, 2.45) is 5.73 Å². The number of pyridine rings is 1. The summed E-state index contributed by atoms with van der Waals surface area (Å²) >= 11 is 0. The van der Waals surface area contributed by atoms with Crippen LogP contribution in [0.25, 0.3) is 10.8 Å². The summed E-state index contributed by atoms with van der Waals surface area (Å²) in [4.78, 5) is 14.6. The smallest absolute Gasteiger partial charge is 0.256 e. The summed E-state index contributed by atoms with van der Waals surface area (Å²) in [5, 5.41) is 1.64. The van der Waals surface area contributed by atoms with E-state index >= 15 is 0 Å². The molecule has 3 nitrogen and oxygen atoms in total. The number of nitrogens with two attached hydrogens (primary N) is 1. The molecule has 0 spiro atoms. The van der Waals surface area contributed by atoms with Crippen molar-refractivity contribution in [3.05, 3.63) is 45.9 Å². The van der Waals surface area contributed by atoms with Gasteiger partial charge in [0.25, 0.3) is 5.56 Å². The number of benzene rings is 1. The number of hydrogen-bond donors (Lipinski definition) is 2. The molecule has 0 atom stereocenters. The number of H-pyrrole nitrogens is 1. The topological polar surface area (TPSA) is 58.9 Å². The van der Waals surface area contributed by atoms with Crippen LogP contribution in [0.15, 0.2) is 29.1 Å². The van der Waals surface area contributed by atoms with E-state index in [2.05, 4.69) is 4.98 Å².